The van der Waals surface area contributed by atoms with Crippen LogP contribution in [0.3, 0.4) is 0 Å². The Labute approximate surface area is 77.7 Å². The van der Waals surface area contributed by atoms with E-state index in [-0.39, 0.29) is 0 Å². The smallest absolute Gasteiger partial charge is 0.0413 e. The van der Waals surface area contributed by atoms with Crippen molar-refractivity contribution >= 4 is 10.8 Å². The summed E-state index contributed by atoms with van der Waals surface area (Å²) in [6.07, 6.45) is 5.16. The molecule has 0 saturated carbocycles. The summed E-state index contributed by atoms with van der Waals surface area (Å²) in [7, 11) is -0.664. The summed E-state index contributed by atoms with van der Waals surface area (Å²) in [6.45, 7) is 6.56. The lowest BCUT2D eigenvalue weighted by atomic mass is 9.83. The fraction of sp³-hybridized carbons (Fsp3) is 0.800. The first-order valence-corrected chi connectivity index (χ1v) is 6.14. The Balaban J connectivity index is 2.80. The minimum Gasteiger partial charge on any atom is -0.260 e. The van der Waals surface area contributed by atoms with Gasteiger partial charge in [-0.2, -0.15) is 0 Å². The summed E-state index contributed by atoms with van der Waals surface area (Å²) >= 11 is 0. The fourth-order valence-corrected chi connectivity index (χ4v) is 3.28. The van der Waals surface area contributed by atoms with Crippen LogP contribution in [0.4, 0.5) is 0 Å². The van der Waals surface area contributed by atoms with E-state index in [1.807, 2.05) is 6.26 Å². The molecular weight excluding hydrogens is 168 g/mol. The molecule has 1 aliphatic rings. The maximum absolute atomic E-state index is 11.4. The van der Waals surface area contributed by atoms with E-state index < -0.39 is 10.8 Å². The Morgan fingerprint density at radius 2 is 2.08 bits per heavy atom. The van der Waals surface area contributed by atoms with Gasteiger partial charge in [-0.25, -0.2) is 0 Å². The maximum Gasteiger partial charge on any atom is 0.0413 e. The molecule has 0 aromatic heterocycles. The molecule has 1 unspecified atom stereocenters. The molecular formula is C10H18OS. The Morgan fingerprint density at radius 3 is 2.58 bits per heavy atom. The number of hydrogen-bond donors (Lipinski definition) is 0. The van der Waals surface area contributed by atoms with Gasteiger partial charge in [0.2, 0.25) is 0 Å². The number of hydrogen-bond acceptors (Lipinski definition) is 1. The Hall–Kier alpha value is -0.110. The molecule has 0 spiro atoms. The van der Waals surface area contributed by atoms with Gasteiger partial charge in [-0.05, 0) is 25.2 Å². The molecule has 0 N–H and O–H groups in total. The van der Waals surface area contributed by atoms with E-state index in [4.69, 9.17) is 0 Å². The van der Waals surface area contributed by atoms with Gasteiger partial charge in [0, 0.05) is 22.3 Å². The van der Waals surface area contributed by atoms with Crippen LogP contribution >= 0.6 is 0 Å². The lowest BCUT2D eigenvalue weighted by molar-refractivity contribution is 0.410. The highest BCUT2D eigenvalue weighted by Crippen LogP contribution is 2.31. The molecule has 0 aromatic carbocycles. The molecule has 1 nitrogen and oxygen atoms in total. The number of allylic oxidation sites excluding steroid dienone is 2. The van der Waals surface area contributed by atoms with Crippen molar-refractivity contribution < 1.29 is 4.21 Å². The zero-order valence-corrected chi connectivity index (χ0v) is 9.15. The first kappa shape index (κ1) is 9.97. The van der Waals surface area contributed by atoms with E-state index in [2.05, 4.69) is 26.8 Å². The lowest BCUT2D eigenvalue weighted by Gasteiger charge is -2.30. The summed E-state index contributed by atoms with van der Waals surface area (Å²) in [6, 6.07) is 0. The molecule has 0 saturated heterocycles. The van der Waals surface area contributed by atoms with E-state index in [9.17, 15) is 4.21 Å². The van der Waals surface area contributed by atoms with Gasteiger partial charge in [-0.15, -0.1) is 0 Å². The summed E-state index contributed by atoms with van der Waals surface area (Å²) in [5, 5.41) is 0.380. The maximum atomic E-state index is 11.4. The number of rotatable bonds is 1. The van der Waals surface area contributed by atoms with E-state index in [1.54, 1.807) is 0 Å². The van der Waals surface area contributed by atoms with Crippen molar-refractivity contribution in [2.24, 2.45) is 11.8 Å². The van der Waals surface area contributed by atoms with E-state index in [1.165, 1.54) is 5.57 Å². The summed E-state index contributed by atoms with van der Waals surface area (Å²) < 4.78 is 11.4. The third-order valence-corrected chi connectivity index (χ3v) is 4.36. The van der Waals surface area contributed by atoms with Crippen molar-refractivity contribution in [2.45, 2.75) is 32.4 Å². The largest absolute Gasteiger partial charge is 0.260 e. The van der Waals surface area contributed by atoms with Gasteiger partial charge in [0.25, 0.3) is 0 Å². The van der Waals surface area contributed by atoms with Crippen LogP contribution in [0.5, 0.6) is 0 Å². The molecule has 0 aromatic rings. The minimum atomic E-state index is -0.664. The van der Waals surface area contributed by atoms with Gasteiger partial charge in [-0.1, -0.05) is 25.5 Å². The van der Waals surface area contributed by atoms with Crippen molar-refractivity contribution in [1.82, 2.24) is 0 Å². The normalized spacial score (nSPS) is 39.0. The van der Waals surface area contributed by atoms with Gasteiger partial charge in [-0.3, -0.25) is 4.21 Å². The first-order valence-electron chi connectivity index (χ1n) is 4.52. The predicted octanol–water partition coefficient (Wildman–Crippen LogP) is 2.36. The molecule has 1 rings (SSSR count). The van der Waals surface area contributed by atoms with Crippen LogP contribution in [0, 0.1) is 11.8 Å². The van der Waals surface area contributed by atoms with Crippen molar-refractivity contribution in [1.29, 1.82) is 0 Å². The first-order chi connectivity index (χ1) is 5.52. The van der Waals surface area contributed by atoms with Crippen LogP contribution in [0.15, 0.2) is 11.6 Å². The second-order valence-corrected chi connectivity index (χ2v) is 5.58. The SMILES string of the molecule is CC1=C[C@H](C)[C@@H](C)[C@H](S(C)=O)C1. The fourth-order valence-electron chi connectivity index (χ4n) is 1.93. The highest BCUT2D eigenvalue weighted by molar-refractivity contribution is 7.84. The van der Waals surface area contributed by atoms with Crippen molar-refractivity contribution in [3.63, 3.8) is 0 Å². The zero-order valence-electron chi connectivity index (χ0n) is 8.33. The quantitative estimate of drug-likeness (QED) is 0.575. The van der Waals surface area contributed by atoms with Crippen LogP contribution < -0.4 is 0 Å². The van der Waals surface area contributed by atoms with E-state index in [0.29, 0.717) is 17.1 Å². The predicted molar refractivity (Wildman–Crippen MR) is 54.6 cm³/mol. The van der Waals surface area contributed by atoms with E-state index >= 15 is 0 Å². The summed E-state index contributed by atoms with van der Waals surface area (Å²) in [4.78, 5) is 0. The highest BCUT2D eigenvalue weighted by atomic mass is 32.2. The molecule has 1 aliphatic carbocycles. The average Bonchev–Trinajstić information content (AvgIpc) is 1.96. The third-order valence-electron chi connectivity index (χ3n) is 2.91. The minimum absolute atomic E-state index is 0.380. The Morgan fingerprint density at radius 1 is 1.50 bits per heavy atom. The van der Waals surface area contributed by atoms with Crippen LogP contribution in [0.25, 0.3) is 0 Å². The average molecular weight is 186 g/mol. The summed E-state index contributed by atoms with van der Waals surface area (Å²) in [5.74, 6) is 1.16. The monoisotopic (exact) mass is 186 g/mol. The van der Waals surface area contributed by atoms with E-state index in [0.717, 1.165) is 6.42 Å². The summed E-state index contributed by atoms with van der Waals surface area (Å²) in [5.41, 5.74) is 1.40. The second kappa shape index (κ2) is 3.73. The van der Waals surface area contributed by atoms with Crippen molar-refractivity contribution in [3.05, 3.63) is 11.6 Å². The molecule has 0 amide bonds. The van der Waals surface area contributed by atoms with Crippen molar-refractivity contribution in [3.8, 4) is 0 Å². The van der Waals surface area contributed by atoms with Gasteiger partial charge in [0.1, 0.15) is 0 Å². The molecule has 0 heterocycles. The molecule has 4 atom stereocenters. The van der Waals surface area contributed by atoms with Gasteiger partial charge in [0.15, 0.2) is 0 Å². The van der Waals surface area contributed by atoms with Crippen LogP contribution in [0.1, 0.15) is 27.2 Å². The van der Waals surface area contributed by atoms with Crippen LogP contribution in [-0.4, -0.2) is 15.7 Å². The van der Waals surface area contributed by atoms with Crippen LogP contribution in [0.2, 0.25) is 0 Å². The van der Waals surface area contributed by atoms with Crippen LogP contribution in [-0.2, 0) is 10.8 Å². The molecule has 12 heavy (non-hydrogen) atoms. The second-order valence-electron chi connectivity index (χ2n) is 3.97. The topological polar surface area (TPSA) is 17.1 Å². The molecule has 2 heteroatoms. The highest BCUT2D eigenvalue weighted by Gasteiger charge is 2.28. The Bertz CT molecular complexity index is 220. The zero-order chi connectivity index (χ0) is 9.30. The third kappa shape index (κ3) is 1.98. The van der Waals surface area contributed by atoms with Gasteiger partial charge in [0.05, 0.1) is 0 Å². The molecule has 0 bridgehead atoms. The lowest BCUT2D eigenvalue weighted by Crippen LogP contribution is -2.30. The molecule has 0 aliphatic heterocycles. The molecule has 70 valence electrons. The molecule has 0 fully saturated rings. The Kier molecular flexibility index (Phi) is 3.10. The van der Waals surface area contributed by atoms with Gasteiger partial charge >= 0.3 is 0 Å². The van der Waals surface area contributed by atoms with Gasteiger partial charge < -0.3 is 0 Å². The standard InChI is InChI=1S/C10H18OS/c1-7-5-8(2)9(3)10(6-7)12(4)11/h5,8-10H,6H2,1-4H3/t8-,9+,10+,12?/m0/s1. The molecule has 0 radical (unpaired) electrons. The van der Waals surface area contributed by atoms with Crippen molar-refractivity contribution in [2.75, 3.05) is 6.26 Å².